The van der Waals surface area contributed by atoms with Crippen LogP contribution in [0, 0.1) is 19.8 Å². The van der Waals surface area contributed by atoms with Crippen molar-refractivity contribution in [3.05, 3.63) is 34.7 Å². The van der Waals surface area contributed by atoms with E-state index in [1.807, 2.05) is 5.38 Å². The number of benzene rings is 1. The number of aryl methyl sites for hydroxylation is 2. The Hall–Kier alpha value is -1.68. The van der Waals surface area contributed by atoms with E-state index < -0.39 is 0 Å². The van der Waals surface area contributed by atoms with Gasteiger partial charge in [-0.05, 0) is 38.3 Å². The molecule has 4 heteroatoms. The monoisotopic (exact) mass is 314 g/mol. The van der Waals surface area contributed by atoms with Gasteiger partial charge in [-0.3, -0.25) is 4.79 Å². The minimum atomic E-state index is 0.140. The van der Waals surface area contributed by atoms with Crippen LogP contribution >= 0.6 is 11.3 Å². The summed E-state index contributed by atoms with van der Waals surface area (Å²) in [5.41, 5.74) is 4.53. The molecule has 0 radical (unpaired) electrons. The Morgan fingerprint density at radius 1 is 1.23 bits per heavy atom. The number of rotatable bonds is 3. The van der Waals surface area contributed by atoms with Gasteiger partial charge >= 0.3 is 0 Å². The third-order valence-electron chi connectivity index (χ3n) is 4.38. The van der Waals surface area contributed by atoms with Crippen LogP contribution in [0.4, 0.5) is 5.13 Å². The van der Waals surface area contributed by atoms with Gasteiger partial charge in [0.05, 0.1) is 5.69 Å². The van der Waals surface area contributed by atoms with E-state index in [0.29, 0.717) is 5.13 Å². The molecule has 0 spiro atoms. The van der Waals surface area contributed by atoms with Crippen LogP contribution < -0.4 is 5.32 Å². The number of hydrogen-bond acceptors (Lipinski definition) is 3. The number of nitrogens with zero attached hydrogens (tertiary/aromatic N) is 1. The van der Waals surface area contributed by atoms with Gasteiger partial charge in [-0.15, -0.1) is 11.3 Å². The topological polar surface area (TPSA) is 42.0 Å². The summed E-state index contributed by atoms with van der Waals surface area (Å²) in [4.78, 5) is 16.9. The second-order valence-electron chi connectivity index (χ2n) is 6.18. The maximum atomic E-state index is 12.3. The zero-order chi connectivity index (χ0) is 15.5. The second kappa shape index (κ2) is 6.61. The Bertz CT molecular complexity index is 671. The van der Waals surface area contributed by atoms with E-state index in [0.717, 1.165) is 24.1 Å². The van der Waals surface area contributed by atoms with Crippen LogP contribution in [0.1, 0.15) is 43.2 Å². The highest BCUT2D eigenvalue weighted by Crippen LogP contribution is 2.30. The van der Waals surface area contributed by atoms with Crippen molar-refractivity contribution in [3.63, 3.8) is 0 Å². The SMILES string of the molecule is Cc1ccc(C)c(-c2csc(NC(=O)C3CCCCC3)n2)c1. The molecule has 3 nitrogen and oxygen atoms in total. The molecular formula is C18H22N2OS. The number of hydrogen-bond donors (Lipinski definition) is 1. The first-order valence-corrected chi connectivity index (χ1v) is 8.85. The lowest BCUT2D eigenvalue weighted by Gasteiger charge is -2.19. The molecule has 1 amide bonds. The summed E-state index contributed by atoms with van der Waals surface area (Å²) in [6.45, 7) is 4.18. The first-order valence-electron chi connectivity index (χ1n) is 7.97. The summed E-state index contributed by atoms with van der Waals surface area (Å²) in [5.74, 6) is 0.309. The molecule has 1 aromatic heterocycles. The van der Waals surface area contributed by atoms with Gasteiger partial charge in [0.25, 0.3) is 0 Å². The third-order valence-corrected chi connectivity index (χ3v) is 5.14. The fraction of sp³-hybridized carbons (Fsp3) is 0.444. The smallest absolute Gasteiger partial charge is 0.229 e. The number of amides is 1. The van der Waals surface area contributed by atoms with Gasteiger partial charge in [-0.1, -0.05) is 37.0 Å². The second-order valence-corrected chi connectivity index (χ2v) is 7.04. The lowest BCUT2D eigenvalue weighted by molar-refractivity contribution is -0.120. The van der Waals surface area contributed by atoms with Crippen LogP contribution in [0.5, 0.6) is 0 Å². The van der Waals surface area contributed by atoms with Gasteiger partial charge < -0.3 is 5.32 Å². The highest BCUT2D eigenvalue weighted by atomic mass is 32.1. The summed E-state index contributed by atoms with van der Waals surface area (Å²) < 4.78 is 0. The Kier molecular flexibility index (Phi) is 4.57. The van der Waals surface area contributed by atoms with Crippen LogP contribution in [0.25, 0.3) is 11.3 Å². The van der Waals surface area contributed by atoms with E-state index in [2.05, 4.69) is 42.3 Å². The number of aromatic nitrogens is 1. The average molecular weight is 314 g/mol. The van der Waals surface area contributed by atoms with Crippen molar-refractivity contribution in [2.24, 2.45) is 5.92 Å². The largest absolute Gasteiger partial charge is 0.302 e. The van der Waals surface area contributed by atoms with Crippen LogP contribution in [0.2, 0.25) is 0 Å². The van der Waals surface area contributed by atoms with Gasteiger partial charge in [-0.25, -0.2) is 4.98 Å². The van der Waals surface area contributed by atoms with Gasteiger partial charge in [0.1, 0.15) is 0 Å². The Morgan fingerprint density at radius 2 is 2.00 bits per heavy atom. The number of carbonyl (C=O) groups is 1. The zero-order valence-corrected chi connectivity index (χ0v) is 14.0. The van der Waals surface area contributed by atoms with Gasteiger partial charge in [0.15, 0.2) is 5.13 Å². The molecule has 116 valence electrons. The van der Waals surface area contributed by atoms with E-state index in [1.165, 1.54) is 41.7 Å². The van der Waals surface area contributed by atoms with Gasteiger partial charge in [-0.2, -0.15) is 0 Å². The predicted molar refractivity (Wildman–Crippen MR) is 92.2 cm³/mol. The zero-order valence-electron chi connectivity index (χ0n) is 13.2. The summed E-state index contributed by atoms with van der Waals surface area (Å²) in [7, 11) is 0. The maximum Gasteiger partial charge on any atom is 0.229 e. The molecule has 1 aromatic carbocycles. The fourth-order valence-electron chi connectivity index (χ4n) is 3.04. The molecule has 0 saturated heterocycles. The predicted octanol–water partition coefficient (Wildman–Crippen LogP) is 4.95. The molecule has 3 rings (SSSR count). The van der Waals surface area contributed by atoms with E-state index in [4.69, 9.17) is 0 Å². The molecule has 1 fully saturated rings. The van der Waals surface area contributed by atoms with Gasteiger partial charge in [0, 0.05) is 16.9 Å². The highest BCUT2D eigenvalue weighted by molar-refractivity contribution is 7.14. The molecule has 1 N–H and O–H groups in total. The van der Waals surface area contributed by atoms with Gasteiger partial charge in [0.2, 0.25) is 5.91 Å². The minimum Gasteiger partial charge on any atom is -0.302 e. The van der Waals surface area contributed by atoms with Crippen molar-refractivity contribution < 1.29 is 4.79 Å². The molecule has 0 atom stereocenters. The molecular weight excluding hydrogens is 292 g/mol. The van der Waals surface area contributed by atoms with E-state index in [-0.39, 0.29) is 11.8 Å². The van der Waals surface area contributed by atoms with Crippen molar-refractivity contribution >= 4 is 22.4 Å². The maximum absolute atomic E-state index is 12.3. The summed E-state index contributed by atoms with van der Waals surface area (Å²) in [5, 5.41) is 5.74. The lowest BCUT2D eigenvalue weighted by atomic mass is 9.89. The van der Waals surface area contributed by atoms with Crippen LogP contribution in [-0.4, -0.2) is 10.9 Å². The quantitative estimate of drug-likeness (QED) is 0.871. The standard InChI is InChI=1S/C18H22N2OS/c1-12-8-9-13(2)15(10-12)16-11-22-18(19-16)20-17(21)14-6-4-3-5-7-14/h8-11,14H,3-7H2,1-2H3,(H,19,20,21). The Balaban J connectivity index is 1.73. The van der Waals surface area contributed by atoms with Crippen LogP contribution in [0.15, 0.2) is 23.6 Å². The van der Waals surface area contributed by atoms with Crippen LogP contribution in [0.3, 0.4) is 0 Å². The number of nitrogens with one attached hydrogen (secondary N) is 1. The molecule has 22 heavy (non-hydrogen) atoms. The molecule has 1 aliphatic carbocycles. The van der Waals surface area contributed by atoms with Crippen molar-refractivity contribution in [1.29, 1.82) is 0 Å². The van der Waals surface area contributed by atoms with Crippen molar-refractivity contribution in [3.8, 4) is 11.3 Å². The molecule has 0 unspecified atom stereocenters. The van der Waals surface area contributed by atoms with Crippen molar-refractivity contribution in [2.45, 2.75) is 46.0 Å². The first-order chi connectivity index (χ1) is 10.6. The fourth-order valence-corrected chi connectivity index (χ4v) is 3.75. The molecule has 1 heterocycles. The average Bonchev–Trinajstić information content (AvgIpc) is 2.99. The molecule has 0 aliphatic heterocycles. The molecule has 0 bridgehead atoms. The van der Waals surface area contributed by atoms with Crippen LogP contribution in [-0.2, 0) is 4.79 Å². The van der Waals surface area contributed by atoms with E-state index in [9.17, 15) is 4.79 Å². The minimum absolute atomic E-state index is 0.140. The van der Waals surface area contributed by atoms with E-state index in [1.54, 1.807) is 0 Å². The first kappa shape index (κ1) is 15.2. The summed E-state index contributed by atoms with van der Waals surface area (Å²) >= 11 is 1.51. The number of thiazole rings is 1. The van der Waals surface area contributed by atoms with Crippen molar-refractivity contribution in [2.75, 3.05) is 5.32 Å². The Morgan fingerprint density at radius 3 is 2.77 bits per heavy atom. The van der Waals surface area contributed by atoms with E-state index >= 15 is 0 Å². The van der Waals surface area contributed by atoms with Crippen molar-refractivity contribution in [1.82, 2.24) is 4.98 Å². The summed E-state index contributed by atoms with van der Waals surface area (Å²) in [6, 6.07) is 6.37. The number of carbonyl (C=O) groups excluding carboxylic acids is 1. The highest BCUT2D eigenvalue weighted by Gasteiger charge is 2.22. The number of anilines is 1. The third kappa shape index (κ3) is 3.38. The molecule has 1 saturated carbocycles. The summed E-state index contributed by atoms with van der Waals surface area (Å²) in [6.07, 6.45) is 5.63. The molecule has 1 aliphatic rings. The normalized spacial score (nSPS) is 15.7. The lowest BCUT2D eigenvalue weighted by Crippen LogP contribution is -2.24. The Labute approximate surface area is 135 Å². The molecule has 2 aromatic rings.